The van der Waals surface area contributed by atoms with E-state index in [0.717, 1.165) is 10.8 Å². The van der Waals surface area contributed by atoms with Crippen LogP contribution in [0.2, 0.25) is 5.15 Å². The number of benzene rings is 1. The van der Waals surface area contributed by atoms with E-state index >= 15 is 0 Å². The molecule has 148 valence electrons. The Bertz CT molecular complexity index is 1070. The number of hydrogen-bond donors (Lipinski definition) is 0. The number of nitrogens with zero attached hydrogens (tertiary/aromatic N) is 5. The second-order valence-electron chi connectivity index (χ2n) is 5.99. The van der Waals surface area contributed by atoms with E-state index in [1.165, 1.54) is 0 Å². The van der Waals surface area contributed by atoms with Gasteiger partial charge in [-0.15, -0.1) is 0 Å². The first-order valence-electron chi connectivity index (χ1n) is 7.99. The summed E-state index contributed by atoms with van der Waals surface area (Å²) in [6.45, 7) is 7.70. The Morgan fingerprint density at radius 1 is 1.07 bits per heavy atom. The van der Waals surface area contributed by atoms with Gasteiger partial charge in [0.15, 0.2) is 23.3 Å². The zero-order chi connectivity index (χ0) is 20.7. The summed E-state index contributed by atoms with van der Waals surface area (Å²) in [4.78, 5) is 9.30. The van der Waals surface area contributed by atoms with E-state index in [1.807, 2.05) is 0 Å². The van der Waals surface area contributed by atoms with Gasteiger partial charge in [0.05, 0.1) is 11.1 Å². The number of anilines is 1. The van der Waals surface area contributed by atoms with Crippen molar-refractivity contribution in [1.29, 1.82) is 0 Å². The lowest BCUT2D eigenvalue weighted by atomic mass is 10.0. The van der Waals surface area contributed by atoms with Crippen LogP contribution in [0, 0.1) is 29.1 Å². The van der Waals surface area contributed by atoms with Crippen LogP contribution in [0.25, 0.3) is 16.9 Å². The highest BCUT2D eigenvalue weighted by Crippen LogP contribution is 2.41. The summed E-state index contributed by atoms with van der Waals surface area (Å²) in [5, 5.41) is 3.46. The van der Waals surface area contributed by atoms with Gasteiger partial charge in [0.2, 0.25) is 5.82 Å². The Labute approximate surface area is 161 Å². The average molecular weight is 418 g/mol. The molecular formula is C17H13ClF5N5. The first kappa shape index (κ1) is 20.0. The van der Waals surface area contributed by atoms with Crippen molar-refractivity contribution in [2.75, 3.05) is 18.0 Å². The summed E-state index contributed by atoms with van der Waals surface area (Å²) in [7, 11) is 0. The molecule has 0 aliphatic rings. The molecule has 0 aliphatic carbocycles. The molecule has 0 bridgehead atoms. The molecule has 0 saturated carbocycles. The smallest absolute Gasteiger partial charge is 0.255 e. The maximum absolute atomic E-state index is 14.5. The fourth-order valence-corrected chi connectivity index (χ4v) is 3.05. The molecule has 2 heterocycles. The standard InChI is InChI=1S/C17H13ClF5N5/c1-4-27(5-7(2)3)16-9(15(18)26-17-24-6-25-28(16)17)8-10(19)12(21)14(23)13(22)11(8)20/h6H,2,4-5H2,1,3H3. The van der Waals surface area contributed by atoms with Crippen molar-refractivity contribution in [3.05, 3.63) is 52.7 Å². The molecule has 0 saturated heterocycles. The van der Waals surface area contributed by atoms with Crippen LogP contribution in [0.4, 0.5) is 27.8 Å². The molecule has 0 radical (unpaired) electrons. The zero-order valence-corrected chi connectivity index (χ0v) is 15.5. The monoisotopic (exact) mass is 417 g/mol. The lowest BCUT2D eigenvalue weighted by Gasteiger charge is -2.26. The normalized spacial score (nSPS) is 11.3. The van der Waals surface area contributed by atoms with Gasteiger partial charge in [-0.05, 0) is 13.8 Å². The fourth-order valence-electron chi connectivity index (χ4n) is 2.80. The van der Waals surface area contributed by atoms with E-state index < -0.39 is 45.4 Å². The van der Waals surface area contributed by atoms with Crippen molar-refractivity contribution in [3.8, 4) is 11.1 Å². The third-order valence-electron chi connectivity index (χ3n) is 3.96. The van der Waals surface area contributed by atoms with Gasteiger partial charge in [-0.1, -0.05) is 23.8 Å². The number of hydrogen-bond acceptors (Lipinski definition) is 4. The largest absolute Gasteiger partial charge is 0.352 e. The van der Waals surface area contributed by atoms with E-state index in [2.05, 4.69) is 21.6 Å². The lowest BCUT2D eigenvalue weighted by molar-refractivity contribution is 0.381. The van der Waals surface area contributed by atoms with Crippen LogP contribution in [0.5, 0.6) is 0 Å². The van der Waals surface area contributed by atoms with Crippen molar-refractivity contribution in [2.45, 2.75) is 13.8 Å². The summed E-state index contributed by atoms with van der Waals surface area (Å²) in [6.07, 6.45) is 1.12. The Balaban J connectivity index is 2.48. The third kappa shape index (κ3) is 3.07. The number of halogens is 6. The van der Waals surface area contributed by atoms with Crippen molar-refractivity contribution in [3.63, 3.8) is 0 Å². The highest BCUT2D eigenvalue weighted by atomic mass is 35.5. The van der Waals surface area contributed by atoms with Crippen LogP contribution < -0.4 is 4.90 Å². The minimum absolute atomic E-state index is 0.00668. The molecular weight excluding hydrogens is 405 g/mol. The number of likely N-dealkylation sites (N-methyl/N-ethyl adjacent to an activating group) is 1. The molecule has 0 aliphatic heterocycles. The van der Waals surface area contributed by atoms with Crippen molar-refractivity contribution in [2.24, 2.45) is 0 Å². The van der Waals surface area contributed by atoms with Gasteiger partial charge in [0.25, 0.3) is 5.78 Å². The number of aromatic nitrogens is 4. The molecule has 0 unspecified atom stereocenters. The third-order valence-corrected chi connectivity index (χ3v) is 4.23. The number of rotatable bonds is 5. The Kier molecular flexibility index (Phi) is 5.24. The first-order valence-corrected chi connectivity index (χ1v) is 8.37. The minimum Gasteiger partial charge on any atom is -0.352 e. The van der Waals surface area contributed by atoms with Crippen LogP contribution in [-0.2, 0) is 0 Å². The quantitative estimate of drug-likeness (QED) is 0.201. The van der Waals surface area contributed by atoms with E-state index in [-0.39, 0.29) is 24.7 Å². The molecule has 2 aromatic heterocycles. The van der Waals surface area contributed by atoms with Crippen molar-refractivity contribution in [1.82, 2.24) is 19.6 Å². The predicted octanol–water partition coefficient (Wildman–Crippen LogP) is 4.54. The topological polar surface area (TPSA) is 46.3 Å². The van der Waals surface area contributed by atoms with Crippen LogP contribution in [-0.4, -0.2) is 32.7 Å². The highest BCUT2D eigenvalue weighted by molar-refractivity contribution is 6.33. The molecule has 3 rings (SSSR count). The van der Waals surface area contributed by atoms with Gasteiger partial charge in [0, 0.05) is 13.1 Å². The van der Waals surface area contributed by atoms with Crippen LogP contribution >= 0.6 is 11.6 Å². The zero-order valence-electron chi connectivity index (χ0n) is 14.7. The molecule has 0 fully saturated rings. The highest BCUT2D eigenvalue weighted by Gasteiger charge is 2.32. The summed E-state index contributed by atoms with van der Waals surface area (Å²) in [5.74, 6) is -10.5. The van der Waals surface area contributed by atoms with Gasteiger partial charge in [-0.25, -0.2) is 22.0 Å². The van der Waals surface area contributed by atoms with Gasteiger partial charge >= 0.3 is 0 Å². The van der Waals surface area contributed by atoms with Gasteiger partial charge in [-0.2, -0.15) is 19.6 Å². The second kappa shape index (κ2) is 7.34. The molecule has 0 amide bonds. The first-order chi connectivity index (χ1) is 13.2. The van der Waals surface area contributed by atoms with Gasteiger partial charge in [-0.3, -0.25) is 0 Å². The summed E-state index contributed by atoms with van der Waals surface area (Å²) < 4.78 is 71.3. The molecule has 5 nitrogen and oxygen atoms in total. The lowest BCUT2D eigenvalue weighted by Crippen LogP contribution is -2.28. The molecule has 0 atom stereocenters. The SMILES string of the molecule is C=C(C)CN(CC)c1c(-c2c(F)c(F)c(F)c(F)c2F)c(Cl)nc2ncnn12. The van der Waals surface area contributed by atoms with Crippen molar-refractivity contribution >= 4 is 23.2 Å². The predicted molar refractivity (Wildman–Crippen MR) is 93.7 cm³/mol. The van der Waals surface area contributed by atoms with Gasteiger partial charge < -0.3 is 4.90 Å². The summed E-state index contributed by atoms with van der Waals surface area (Å²) >= 11 is 6.11. The van der Waals surface area contributed by atoms with Crippen LogP contribution in [0.3, 0.4) is 0 Å². The summed E-state index contributed by atoms with van der Waals surface area (Å²) in [6, 6.07) is 0. The Morgan fingerprint density at radius 3 is 2.18 bits per heavy atom. The van der Waals surface area contributed by atoms with E-state index in [9.17, 15) is 22.0 Å². The van der Waals surface area contributed by atoms with Crippen molar-refractivity contribution < 1.29 is 22.0 Å². The maximum Gasteiger partial charge on any atom is 0.255 e. The molecule has 11 heteroatoms. The van der Waals surface area contributed by atoms with E-state index in [4.69, 9.17) is 11.6 Å². The van der Waals surface area contributed by atoms with E-state index in [0.29, 0.717) is 5.57 Å². The van der Waals surface area contributed by atoms with E-state index in [1.54, 1.807) is 18.7 Å². The van der Waals surface area contributed by atoms with Crippen LogP contribution in [0.1, 0.15) is 13.8 Å². The molecule has 3 aromatic rings. The fraction of sp³-hybridized carbons (Fsp3) is 0.235. The molecule has 0 spiro atoms. The van der Waals surface area contributed by atoms with Gasteiger partial charge in [0.1, 0.15) is 17.3 Å². The maximum atomic E-state index is 14.5. The average Bonchev–Trinajstić information content (AvgIpc) is 3.11. The number of fused-ring (bicyclic) bond motifs is 1. The Hall–Kier alpha value is -2.75. The summed E-state index contributed by atoms with van der Waals surface area (Å²) in [5.41, 5.74) is -1.01. The van der Waals surface area contributed by atoms with Crippen LogP contribution in [0.15, 0.2) is 18.5 Å². The minimum atomic E-state index is -2.26. The molecule has 1 aromatic carbocycles. The molecule has 28 heavy (non-hydrogen) atoms. The second-order valence-corrected chi connectivity index (χ2v) is 6.35. The molecule has 0 N–H and O–H groups in total. The Morgan fingerprint density at radius 2 is 1.64 bits per heavy atom.